The molecular weight excluding hydrogens is 249 g/mol. The van der Waals surface area contributed by atoms with Crippen molar-refractivity contribution in [2.24, 2.45) is 0 Å². The van der Waals surface area contributed by atoms with E-state index in [1.54, 1.807) is 0 Å². The maximum absolute atomic E-state index is 12.3. The predicted octanol–water partition coefficient (Wildman–Crippen LogP) is 0.910. The van der Waals surface area contributed by atoms with Crippen LogP contribution in [0.4, 0.5) is 13.2 Å². The summed E-state index contributed by atoms with van der Waals surface area (Å²) >= 11 is 0. The largest absolute Gasteiger partial charge is 0.432 e. The molecule has 0 bridgehead atoms. The molecule has 18 heavy (non-hydrogen) atoms. The summed E-state index contributed by atoms with van der Waals surface area (Å²) in [4.78, 5) is 11.7. The highest BCUT2D eigenvalue weighted by Gasteiger charge is 2.34. The van der Waals surface area contributed by atoms with Crippen LogP contribution in [-0.4, -0.2) is 35.2 Å². The molecule has 1 atom stereocenters. The van der Waals surface area contributed by atoms with E-state index in [1.807, 2.05) is 5.10 Å². The maximum atomic E-state index is 12.3. The number of rotatable bonds is 2. The molecule has 5 nitrogen and oxygen atoms in total. The van der Waals surface area contributed by atoms with E-state index in [-0.39, 0.29) is 11.7 Å². The first kappa shape index (κ1) is 12.9. The Hall–Kier alpha value is -1.57. The van der Waals surface area contributed by atoms with Crippen molar-refractivity contribution >= 4 is 5.91 Å². The molecule has 0 spiro atoms. The highest BCUT2D eigenvalue weighted by Crippen LogP contribution is 2.27. The van der Waals surface area contributed by atoms with Crippen molar-refractivity contribution in [3.8, 4) is 0 Å². The van der Waals surface area contributed by atoms with Gasteiger partial charge in [0.25, 0.3) is 5.91 Å². The summed E-state index contributed by atoms with van der Waals surface area (Å²) in [6, 6.07) is 0.656. The molecule has 0 radical (unpaired) electrons. The van der Waals surface area contributed by atoms with Crippen molar-refractivity contribution in [2.75, 3.05) is 13.1 Å². The number of carbonyl (C=O) groups is 1. The fourth-order valence-corrected chi connectivity index (χ4v) is 1.82. The first-order valence-corrected chi connectivity index (χ1v) is 5.61. The summed E-state index contributed by atoms with van der Waals surface area (Å²) in [7, 11) is 0. The standard InChI is InChI=1S/C10H13F3N4O/c11-10(12,13)8-4-7(16-17-8)9(18)15-6-2-1-3-14-5-6/h4,6,14H,1-3,5H2,(H,15,18)(H,16,17)/t6-/m1/s1. The van der Waals surface area contributed by atoms with Crippen molar-refractivity contribution in [1.82, 2.24) is 20.8 Å². The lowest BCUT2D eigenvalue weighted by Crippen LogP contribution is -2.45. The number of piperidine rings is 1. The minimum atomic E-state index is -4.52. The lowest BCUT2D eigenvalue weighted by molar-refractivity contribution is -0.141. The Bertz CT molecular complexity index is 423. The van der Waals surface area contributed by atoms with Gasteiger partial charge >= 0.3 is 6.18 Å². The van der Waals surface area contributed by atoms with Crippen LogP contribution in [0.25, 0.3) is 0 Å². The van der Waals surface area contributed by atoms with Gasteiger partial charge in [0.05, 0.1) is 0 Å². The maximum Gasteiger partial charge on any atom is 0.432 e. The van der Waals surface area contributed by atoms with Crippen LogP contribution >= 0.6 is 0 Å². The fraction of sp³-hybridized carbons (Fsp3) is 0.600. The molecule has 1 aromatic heterocycles. The summed E-state index contributed by atoms with van der Waals surface area (Å²) in [5, 5.41) is 10.9. The van der Waals surface area contributed by atoms with Gasteiger partial charge in [-0.05, 0) is 19.4 Å². The second-order valence-corrected chi connectivity index (χ2v) is 4.18. The van der Waals surface area contributed by atoms with Gasteiger partial charge in [-0.15, -0.1) is 0 Å². The van der Waals surface area contributed by atoms with Crippen molar-refractivity contribution < 1.29 is 18.0 Å². The Kier molecular flexibility index (Phi) is 3.55. The smallest absolute Gasteiger partial charge is 0.347 e. The summed E-state index contributed by atoms with van der Waals surface area (Å²) in [6.45, 7) is 1.52. The van der Waals surface area contributed by atoms with Crippen LogP contribution in [0.3, 0.4) is 0 Å². The molecule has 0 saturated carbocycles. The molecular formula is C10H13F3N4O. The Balaban J connectivity index is 1.98. The Morgan fingerprint density at radius 3 is 2.83 bits per heavy atom. The number of carbonyl (C=O) groups excluding carboxylic acids is 1. The zero-order chi connectivity index (χ0) is 13.2. The monoisotopic (exact) mass is 262 g/mol. The van der Waals surface area contributed by atoms with Gasteiger partial charge in [-0.1, -0.05) is 0 Å². The number of aromatic amines is 1. The van der Waals surface area contributed by atoms with Crippen LogP contribution in [-0.2, 0) is 6.18 Å². The van der Waals surface area contributed by atoms with Gasteiger partial charge in [0.15, 0.2) is 5.69 Å². The molecule has 0 aromatic carbocycles. The van der Waals surface area contributed by atoms with Gasteiger partial charge < -0.3 is 10.6 Å². The lowest BCUT2D eigenvalue weighted by atomic mass is 10.1. The average Bonchev–Trinajstić information content (AvgIpc) is 2.79. The predicted molar refractivity (Wildman–Crippen MR) is 56.9 cm³/mol. The number of H-pyrrole nitrogens is 1. The van der Waals surface area contributed by atoms with Crippen molar-refractivity contribution in [1.29, 1.82) is 0 Å². The SMILES string of the molecule is O=C(N[C@@H]1CCCNC1)c1cc(C(F)(F)F)[nH]n1. The second kappa shape index (κ2) is 4.97. The topological polar surface area (TPSA) is 69.8 Å². The highest BCUT2D eigenvalue weighted by atomic mass is 19.4. The Morgan fingerprint density at radius 2 is 2.28 bits per heavy atom. The molecule has 0 unspecified atom stereocenters. The van der Waals surface area contributed by atoms with Crippen molar-refractivity contribution in [2.45, 2.75) is 25.1 Å². The van der Waals surface area contributed by atoms with E-state index in [2.05, 4.69) is 15.7 Å². The number of alkyl halides is 3. The van der Waals surface area contributed by atoms with Crippen molar-refractivity contribution in [3.05, 3.63) is 17.5 Å². The average molecular weight is 262 g/mol. The summed E-state index contributed by atoms with van der Waals surface area (Å²) in [5.41, 5.74) is -1.26. The zero-order valence-corrected chi connectivity index (χ0v) is 9.47. The molecule has 2 rings (SSSR count). The van der Waals surface area contributed by atoms with E-state index in [0.29, 0.717) is 12.6 Å². The molecule has 1 aromatic rings. The van der Waals surface area contributed by atoms with Crippen LogP contribution in [0.15, 0.2) is 6.07 Å². The van der Waals surface area contributed by atoms with Gasteiger partial charge in [0.1, 0.15) is 5.69 Å². The van der Waals surface area contributed by atoms with Crippen LogP contribution in [0, 0.1) is 0 Å². The van der Waals surface area contributed by atoms with E-state index >= 15 is 0 Å². The molecule has 1 amide bonds. The minimum Gasteiger partial charge on any atom is -0.347 e. The summed E-state index contributed by atoms with van der Waals surface area (Å²) in [6.07, 6.45) is -2.77. The number of hydrogen-bond donors (Lipinski definition) is 3. The number of nitrogens with one attached hydrogen (secondary N) is 3. The molecule has 1 fully saturated rings. The molecule has 3 N–H and O–H groups in total. The van der Waals surface area contributed by atoms with Crippen LogP contribution in [0.1, 0.15) is 29.0 Å². The first-order valence-electron chi connectivity index (χ1n) is 5.61. The highest BCUT2D eigenvalue weighted by molar-refractivity contribution is 5.92. The van der Waals surface area contributed by atoms with Crippen LogP contribution in [0.2, 0.25) is 0 Å². The third-order valence-electron chi connectivity index (χ3n) is 2.75. The molecule has 100 valence electrons. The van der Waals surface area contributed by atoms with E-state index in [1.165, 1.54) is 0 Å². The van der Waals surface area contributed by atoms with Gasteiger partial charge in [-0.3, -0.25) is 9.89 Å². The number of aromatic nitrogens is 2. The van der Waals surface area contributed by atoms with E-state index < -0.39 is 17.8 Å². The fourth-order valence-electron chi connectivity index (χ4n) is 1.82. The molecule has 0 aliphatic carbocycles. The second-order valence-electron chi connectivity index (χ2n) is 4.18. The van der Waals surface area contributed by atoms with Crippen LogP contribution in [0.5, 0.6) is 0 Å². The summed E-state index contributed by atoms with van der Waals surface area (Å²) in [5.74, 6) is -0.588. The molecule has 1 saturated heterocycles. The van der Waals surface area contributed by atoms with Gasteiger partial charge in [0.2, 0.25) is 0 Å². The number of hydrogen-bond acceptors (Lipinski definition) is 3. The normalized spacial score (nSPS) is 20.7. The molecule has 2 heterocycles. The third kappa shape index (κ3) is 3.00. The zero-order valence-electron chi connectivity index (χ0n) is 9.47. The lowest BCUT2D eigenvalue weighted by Gasteiger charge is -2.23. The quantitative estimate of drug-likeness (QED) is 0.742. The number of amides is 1. The minimum absolute atomic E-state index is 0.0581. The first-order chi connectivity index (χ1) is 8.47. The van der Waals surface area contributed by atoms with Gasteiger partial charge in [-0.25, -0.2) is 0 Å². The number of halogens is 3. The molecule has 1 aliphatic rings. The third-order valence-corrected chi connectivity index (χ3v) is 2.75. The number of nitrogens with zero attached hydrogens (tertiary/aromatic N) is 1. The van der Waals surface area contributed by atoms with Gasteiger partial charge in [0, 0.05) is 18.7 Å². The van der Waals surface area contributed by atoms with Gasteiger partial charge in [-0.2, -0.15) is 18.3 Å². The molecule has 1 aliphatic heterocycles. The van der Waals surface area contributed by atoms with Crippen LogP contribution < -0.4 is 10.6 Å². The molecule has 8 heteroatoms. The summed E-state index contributed by atoms with van der Waals surface area (Å²) < 4.78 is 36.9. The Morgan fingerprint density at radius 1 is 1.50 bits per heavy atom. The van der Waals surface area contributed by atoms with E-state index in [4.69, 9.17) is 0 Å². The van der Waals surface area contributed by atoms with E-state index in [9.17, 15) is 18.0 Å². The van der Waals surface area contributed by atoms with Crippen molar-refractivity contribution in [3.63, 3.8) is 0 Å². The van der Waals surface area contributed by atoms with E-state index in [0.717, 1.165) is 19.4 Å². The Labute approximate surface area is 101 Å².